The van der Waals surface area contributed by atoms with Crippen LogP contribution in [0.5, 0.6) is 0 Å². The molecule has 2 N–H and O–H groups in total. The summed E-state index contributed by atoms with van der Waals surface area (Å²) in [5, 5.41) is 16.7. The van der Waals surface area contributed by atoms with E-state index >= 15 is 0 Å². The van der Waals surface area contributed by atoms with Crippen LogP contribution in [0.25, 0.3) is 0 Å². The fourth-order valence-corrected chi connectivity index (χ4v) is 2.48. The van der Waals surface area contributed by atoms with Crippen LogP contribution in [0.4, 0.5) is 11.4 Å². The number of non-ortho nitro benzene ring substituents is 1. The van der Waals surface area contributed by atoms with Crippen molar-refractivity contribution in [2.24, 2.45) is 0 Å². The van der Waals surface area contributed by atoms with Crippen LogP contribution in [0, 0.1) is 17.0 Å². The molecule has 0 bridgehead atoms. The second-order valence-electron chi connectivity index (χ2n) is 5.29. The number of nitro benzene ring substituents is 1. The quantitative estimate of drug-likeness (QED) is 0.654. The molecule has 0 fully saturated rings. The lowest BCUT2D eigenvalue weighted by atomic mass is 10.0. The van der Waals surface area contributed by atoms with Crippen molar-refractivity contribution in [3.63, 3.8) is 0 Å². The van der Waals surface area contributed by atoms with Gasteiger partial charge in [-0.3, -0.25) is 14.9 Å². The first-order chi connectivity index (χ1) is 10.9. The zero-order chi connectivity index (χ0) is 17.0. The van der Waals surface area contributed by atoms with Crippen LogP contribution in [-0.4, -0.2) is 17.9 Å². The molecule has 2 aromatic carbocycles. The summed E-state index contributed by atoms with van der Waals surface area (Å²) >= 11 is 0. The number of nitrogens with one attached hydrogen (secondary N) is 2. The van der Waals surface area contributed by atoms with E-state index in [1.54, 1.807) is 7.05 Å². The number of nitro groups is 1. The minimum atomic E-state index is -0.513. The van der Waals surface area contributed by atoms with Gasteiger partial charge in [0.1, 0.15) is 0 Å². The van der Waals surface area contributed by atoms with Gasteiger partial charge in [-0.2, -0.15) is 0 Å². The fraction of sp³-hybridized carbons (Fsp3) is 0.235. The Balaban J connectivity index is 2.28. The van der Waals surface area contributed by atoms with E-state index in [1.165, 1.54) is 18.2 Å². The third kappa shape index (κ3) is 3.66. The summed E-state index contributed by atoms with van der Waals surface area (Å²) in [5.41, 5.74) is 2.77. The largest absolute Gasteiger partial charge is 0.387 e. The summed E-state index contributed by atoms with van der Waals surface area (Å²) in [5.74, 6) is -0.353. The van der Waals surface area contributed by atoms with Crippen molar-refractivity contribution in [1.82, 2.24) is 5.32 Å². The molecule has 120 valence electrons. The summed E-state index contributed by atoms with van der Waals surface area (Å²) in [7, 11) is 1.67. The third-order valence-electron chi connectivity index (χ3n) is 3.73. The number of carbonyl (C=O) groups excluding carboxylic acids is 1. The van der Waals surface area contributed by atoms with Crippen molar-refractivity contribution >= 4 is 17.3 Å². The first-order valence-electron chi connectivity index (χ1n) is 7.26. The van der Waals surface area contributed by atoms with E-state index in [2.05, 4.69) is 10.6 Å². The SMILES string of the molecule is CNc1ccc([N+](=O)[O-])cc1C(=O)NC(C)c1ccccc1C. The van der Waals surface area contributed by atoms with Gasteiger partial charge in [0.15, 0.2) is 0 Å². The Labute approximate surface area is 134 Å². The maximum Gasteiger partial charge on any atom is 0.270 e. The molecular weight excluding hydrogens is 294 g/mol. The number of benzene rings is 2. The van der Waals surface area contributed by atoms with Gasteiger partial charge < -0.3 is 10.6 Å². The molecule has 1 amide bonds. The van der Waals surface area contributed by atoms with Crippen LogP contribution in [0.15, 0.2) is 42.5 Å². The number of amides is 1. The number of nitrogens with zero attached hydrogens (tertiary/aromatic N) is 1. The average Bonchev–Trinajstić information content (AvgIpc) is 2.54. The zero-order valence-electron chi connectivity index (χ0n) is 13.3. The highest BCUT2D eigenvalue weighted by atomic mass is 16.6. The molecule has 23 heavy (non-hydrogen) atoms. The fourth-order valence-electron chi connectivity index (χ4n) is 2.48. The number of hydrogen-bond donors (Lipinski definition) is 2. The Bertz CT molecular complexity index is 744. The lowest BCUT2D eigenvalue weighted by Crippen LogP contribution is -2.27. The van der Waals surface area contributed by atoms with Crippen molar-refractivity contribution in [2.45, 2.75) is 19.9 Å². The molecular formula is C17H19N3O3. The smallest absolute Gasteiger partial charge is 0.270 e. The molecule has 2 aromatic rings. The normalized spacial score (nSPS) is 11.6. The van der Waals surface area contributed by atoms with E-state index in [0.717, 1.165) is 11.1 Å². The van der Waals surface area contributed by atoms with Crippen LogP contribution < -0.4 is 10.6 Å². The van der Waals surface area contributed by atoms with Gasteiger partial charge in [0.2, 0.25) is 0 Å². The number of aryl methyl sites for hydroxylation is 1. The summed E-state index contributed by atoms with van der Waals surface area (Å²) in [4.78, 5) is 22.9. The second-order valence-corrected chi connectivity index (χ2v) is 5.29. The number of rotatable bonds is 5. The molecule has 1 unspecified atom stereocenters. The van der Waals surface area contributed by atoms with Crippen LogP contribution in [0.1, 0.15) is 34.5 Å². The van der Waals surface area contributed by atoms with Crippen molar-refractivity contribution in [1.29, 1.82) is 0 Å². The maximum atomic E-state index is 12.5. The van der Waals surface area contributed by atoms with Crippen LogP contribution >= 0.6 is 0 Å². The predicted molar refractivity (Wildman–Crippen MR) is 89.7 cm³/mol. The molecule has 0 aromatic heterocycles. The van der Waals surface area contributed by atoms with E-state index in [-0.39, 0.29) is 23.2 Å². The minimum absolute atomic E-state index is 0.113. The number of carbonyl (C=O) groups is 1. The first kappa shape index (κ1) is 16.5. The number of hydrogen-bond acceptors (Lipinski definition) is 4. The molecule has 2 rings (SSSR count). The molecule has 0 aliphatic carbocycles. The topological polar surface area (TPSA) is 84.3 Å². The number of anilines is 1. The van der Waals surface area contributed by atoms with E-state index < -0.39 is 4.92 Å². The molecule has 0 heterocycles. The highest BCUT2D eigenvalue weighted by molar-refractivity contribution is 6.00. The van der Waals surface area contributed by atoms with Crippen LogP contribution in [0.2, 0.25) is 0 Å². The van der Waals surface area contributed by atoms with E-state index in [1.807, 2.05) is 38.1 Å². The highest BCUT2D eigenvalue weighted by Gasteiger charge is 2.18. The standard InChI is InChI=1S/C17H19N3O3/c1-11-6-4-5-7-14(11)12(2)19-17(21)15-10-13(20(22)23)8-9-16(15)18-3/h4-10,12,18H,1-3H3,(H,19,21). The molecule has 0 aliphatic heterocycles. The Morgan fingerprint density at radius 1 is 1.22 bits per heavy atom. The summed E-state index contributed by atoms with van der Waals surface area (Å²) in [6.07, 6.45) is 0. The van der Waals surface area contributed by atoms with Gasteiger partial charge in [0.05, 0.1) is 16.5 Å². The molecule has 1 atom stereocenters. The molecule has 0 spiro atoms. The average molecular weight is 313 g/mol. The van der Waals surface area contributed by atoms with Crippen molar-refractivity contribution in [2.75, 3.05) is 12.4 Å². The molecule has 0 saturated heterocycles. The van der Waals surface area contributed by atoms with Gasteiger partial charge in [-0.1, -0.05) is 24.3 Å². The molecule has 0 aliphatic rings. The molecule has 0 radical (unpaired) electrons. The van der Waals surface area contributed by atoms with Crippen LogP contribution in [0.3, 0.4) is 0 Å². The summed E-state index contributed by atoms with van der Waals surface area (Å²) in [6.45, 7) is 3.86. The van der Waals surface area contributed by atoms with E-state index in [9.17, 15) is 14.9 Å². The summed E-state index contributed by atoms with van der Waals surface area (Å²) in [6, 6.07) is 11.8. The van der Waals surface area contributed by atoms with Gasteiger partial charge in [-0.05, 0) is 31.0 Å². The van der Waals surface area contributed by atoms with Gasteiger partial charge in [-0.25, -0.2) is 0 Å². The Morgan fingerprint density at radius 2 is 1.91 bits per heavy atom. The van der Waals surface area contributed by atoms with Crippen molar-refractivity contribution < 1.29 is 9.72 Å². The maximum absolute atomic E-state index is 12.5. The van der Waals surface area contributed by atoms with Crippen LogP contribution in [-0.2, 0) is 0 Å². The second kappa shape index (κ2) is 6.91. The minimum Gasteiger partial charge on any atom is -0.387 e. The first-order valence-corrected chi connectivity index (χ1v) is 7.26. The summed E-state index contributed by atoms with van der Waals surface area (Å²) < 4.78 is 0. The molecule has 6 nitrogen and oxygen atoms in total. The lowest BCUT2D eigenvalue weighted by molar-refractivity contribution is -0.384. The predicted octanol–water partition coefficient (Wildman–Crippen LogP) is 3.44. The molecule has 6 heteroatoms. The van der Waals surface area contributed by atoms with Gasteiger partial charge >= 0.3 is 0 Å². The Kier molecular flexibility index (Phi) is 4.95. The lowest BCUT2D eigenvalue weighted by Gasteiger charge is -2.17. The van der Waals surface area contributed by atoms with Gasteiger partial charge in [0.25, 0.3) is 11.6 Å². The zero-order valence-corrected chi connectivity index (χ0v) is 13.3. The van der Waals surface area contributed by atoms with Crippen molar-refractivity contribution in [3.8, 4) is 0 Å². The van der Waals surface area contributed by atoms with E-state index in [0.29, 0.717) is 5.69 Å². The third-order valence-corrected chi connectivity index (χ3v) is 3.73. The van der Waals surface area contributed by atoms with Gasteiger partial charge in [-0.15, -0.1) is 0 Å². The highest BCUT2D eigenvalue weighted by Crippen LogP contribution is 2.23. The molecule has 0 saturated carbocycles. The Hall–Kier alpha value is -2.89. The van der Waals surface area contributed by atoms with E-state index in [4.69, 9.17) is 0 Å². The van der Waals surface area contributed by atoms with Gasteiger partial charge in [0, 0.05) is 24.9 Å². The van der Waals surface area contributed by atoms with Crippen molar-refractivity contribution in [3.05, 3.63) is 69.3 Å². The monoisotopic (exact) mass is 313 g/mol. The Morgan fingerprint density at radius 3 is 2.52 bits per heavy atom.